The number of rotatable bonds is 4. The first-order valence-electron chi connectivity index (χ1n) is 9.07. The third-order valence-corrected chi connectivity index (χ3v) is 5.04. The molecule has 0 radical (unpaired) electrons. The molecule has 5 nitrogen and oxygen atoms in total. The van der Waals surface area contributed by atoms with Crippen molar-refractivity contribution in [3.05, 3.63) is 94.6 Å². The predicted octanol–water partition coefficient (Wildman–Crippen LogP) is 5.97. The van der Waals surface area contributed by atoms with Crippen molar-refractivity contribution in [1.82, 2.24) is 15.0 Å². The molecule has 4 rings (SSSR count). The average molecular weight is 487 g/mol. The lowest BCUT2D eigenvalue weighted by Gasteiger charge is -2.10. The van der Waals surface area contributed by atoms with Crippen LogP contribution in [0.4, 0.5) is 18.9 Å². The first-order valence-corrected chi connectivity index (χ1v) is 9.86. The fourth-order valence-electron chi connectivity index (χ4n) is 2.97. The topological polar surface area (TPSA) is 59.8 Å². The number of nitrogens with zero attached hydrogens (tertiary/aromatic N) is 3. The fraction of sp³-hybridized carbons (Fsp3) is 0.0455. The van der Waals surface area contributed by atoms with E-state index < -0.39 is 17.6 Å². The zero-order valence-electron chi connectivity index (χ0n) is 15.8. The van der Waals surface area contributed by atoms with E-state index >= 15 is 0 Å². The number of hydrogen-bond acceptors (Lipinski definition) is 3. The minimum Gasteiger partial charge on any atom is -0.322 e. The second-order valence-electron chi connectivity index (χ2n) is 6.62. The molecule has 4 aromatic rings. The van der Waals surface area contributed by atoms with Crippen LogP contribution in [0.2, 0.25) is 0 Å². The second kappa shape index (κ2) is 8.35. The molecule has 1 N–H and O–H groups in total. The SMILES string of the molecule is O=C(Nc1cccc(C(F)(F)F)c1)c1ccc(-n2nncc2-c2ccc(Br)cc2)cc1. The Hall–Kier alpha value is -3.46. The smallest absolute Gasteiger partial charge is 0.322 e. The lowest BCUT2D eigenvalue weighted by molar-refractivity contribution is -0.137. The molecule has 0 atom stereocenters. The molecular weight excluding hydrogens is 473 g/mol. The molecule has 0 aliphatic carbocycles. The van der Waals surface area contributed by atoms with Gasteiger partial charge in [-0.05, 0) is 54.6 Å². The van der Waals surface area contributed by atoms with Crippen LogP contribution in [-0.2, 0) is 6.18 Å². The Kier molecular flexibility index (Phi) is 5.60. The Morgan fingerprint density at radius 2 is 1.68 bits per heavy atom. The Morgan fingerprint density at radius 3 is 2.35 bits per heavy atom. The summed E-state index contributed by atoms with van der Waals surface area (Å²) in [5.74, 6) is -0.516. The van der Waals surface area contributed by atoms with Crippen molar-refractivity contribution in [2.24, 2.45) is 0 Å². The van der Waals surface area contributed by atoms with Gasteiger partial charge >= 0.3 is 6.18 Å². The first-order chi connectivity index (χ1) is 14.8. The van der Waals surface area contributed by atoms with Crippen LogP contribution in [0.15, 0.2) is 83.5 Å². The number of anilines is 1. The van der Waals surface area contributed by atoms with E-state index in [-0.39, 0.29) is 5.69 Å². The van der Waals surface area contributed by atoms with Crippen molar-refractivity contribution >= 4 is 27.5 Å². The van der Waals surface area contributed by atoms with Gasteiger partial charge in [0.05, 0.1) is 23.1 Å². The maximum Gasteiger partial charge on any atom is 0.416 e. The molecule has 0 aliphatic heterocycles. The lowest BCUT2D eigenvalue weighted by atomic mass is 10.1. The molecule has 0 saturated carbocycles. The molecule has 1 heterocycles. The van der Waals surface area contributed by atoms with Gasteiger partial charge in [0.2, 0.25) is 0 Å². The zero-order valence-corrected chi connectivity index (χ0v) is 17.4. The average Bonchev–Trinajstić information content (AvgIpc) is 3.24. The summed E-state index contributed by atoms with van der Waals surface area (Å²) >= 11 is 3.40. The minimum atomic E-state index is -4.48. The number of hydrogen-bond donors (Lipinski definition) is 1. The van der Waals surface area contributed by atoms with Crippen LogP contribution >= 0.6 is 15.9 Å². The fourth-order valence-corrected chi connectivity index (χ4v) is 3.24. The molecule has 31 heavy (non-hydrogen) atoms. The van der Waals surface area contributed by atoms with Crippen LogP contribution in [0, 0.1) is 0 Å². The summed E-state index contributed by atoms with van der Waals surface area (Å²) < 4.78 is 41.1. The van der Waals surface area contributed by atoms with E-state index in [4.69, 9.17) is 0 Å². The summed E-state index contributed by atoms with van der Waals surface area (Å²) in [4.78, 5) is 12.5. The van der Waals surface area contributed by atoms with Gasteiger partial charge in [0.15, 0.2) is 0 Å². The van der Waals surface area contributed by atoms with E-state index in [1.165, 1.54) is 12.1 Å². The van der Waals surface area contributed by atoms with Crippen molar-refractivity contribution < 1.29 is 18.0 Å². The van der Waals surface area contributed by atoms with E-state index in [9.17, 15) is 18.0 Å². The number of alkyl halides is 3. The number of carbonyl (C=O) groups excluding carboxylic acids is 1. The monoisotopic (exact) mass is 486 g/mol. The maximum absolute atomic E-state index is 12.9. The Bertz CT molecular complexity index is 1220. The number of benzene rings is 3. The van der Waals surface area contributed by atoms with Crippen LogP contribution in [0.1, 0.15) is 15.9 Å². The van der Waals surface area contributed by atoms with Crippen LogP contribution in [0.25, 0.3) is 16.9 Å². The van der Waals surface area contributed by atoms with Gasteiger partial charge in [0, 0.05) is 21.3 Å². The Morgan fingerprint density at radius 1 is 0.968 bits per heavy atom. The summed E-state index contributed by atoms with van der Waals surface area (Å²) in [6.45, 7) is 0. The summed E-state index contributed by atoms with van der Waals surface area (Å²) in [6, 6.07) is 18.7. The van der Waals surface area contributed by atoms with E-state index in [0.717, 1.165) is 27.9 Å². The lowest BCUT2D eigenvalue weighted by Crippen LogP contribution is -2.13. The highest BCUT2D eigenvalue weighted by Gasteiger charge is 2.30. The molecule has 0 aliphatic rings. The zero-order chi connectivity index (χ0) is 22.0. The van der Waals surface area contributed by atoms with Gasteiger partial charge in [0.1, 0.15) is 0 Å². The van der Waals surface area contributed by atoms with Crippen molar-refractivity contribution in [3.63, 3.8) is 0 Å². The van der Waals surface area contributed by atoms with Gasteiger partial charge < -0.3 is 5.32 Å². The van der Waals surface area contributed by atoms with Gasteiger partial charge in [-0.2, -0.15) is 13.2 Å². The maximum atomic E-state index is 12.9. The van der Waals surface area contributed by atoms with Crippen molar-refractivity contribution in [1.29, 1.82) is 0 Å². The van der Waals surface area contributed by atoms with E-state index in [2.05, 4.69) is 31.6 Å². The van der Waals surface area contributed by atoms with Crippen molar-refractivity contribution in [2.75, 3.05) is 5.32 Å². The van der Waals surface area contributed by atoms with Crippen LogP contribution in [-0.4, -0.2) is 20.9 Å². The summed E-state index contributed by atoms with van der Waals surface area (Å²) in [5.41, 5.74) is 1.91. The molecular formula is C22H14BrF3N4O. The van der Waals surface area contributed by atoms with Crippen LogP contribution in [0.3, 0.4) is 0 Å². The van der Waals surface area contributed by atoms with Gasteiger partial charge in [-0.1, -0.05) is 39.3 Å². The third-order valence-electron chi connectivity index (χ3n) is 4.51. The molecule has 0 saturated heterocycles. The normalized spacial score (nSPS) is 11.4. The van der Waals surface area contributed by atoms with Crippen molar-refractivity contribution in [3.8, 4) is 16.9 Å². The molecule has 1 amide bonds. The summed E-state index contributed by atoms with van der Waals surface area (Å²) in [5, 5.41) is 10.6. The predicted molar refractivity (Wildman–Crippen MR) is 114 cm³/mol. The minimum absolute atomic E-state index is 0.0673. The Balaban J connectivity index is 1.54. The highest BCUT2D eigenvalue weighted by molar-refractivity contribution is 9.10. The van der Waals surface area contributed by atoms with Gasteiger partial charge in [-0.25, -0.2) is 4.68 Å². The Labute approximate surface area is 183 Å². The van der Waals surface area contributed by atoms with E-state index in [1.807, 2.05) is 24.3 Å². The molecule has 3 aromatic carbocycles. The molecule has 0 spiro atoms. The number of aromatic nitrogens is 3. The number of nitrogens with one attached hydrogen (secondary N) is 1. The highest BCUT2D eigenvalue weighted by Crippen LogP contribution is 2.31. The van der Waals surface area contributed by atoms with Crippen LogP contribution < -0.4 is 5.32 Å². The van der Waals surface area contributed by atoms with E-state index in [1.54, 1.807) is 35.1 Å². The molecule has 0 unspecified atom stereocenters. The van der Waals surface area contributed by atoms with Crippen molar-refractivity contribution in [2.45, 2.75) is 6.18 Å². The third kappa shape index (κ3) is 4.66. The van der Waals surface area contributed by atoms with Crippen LogP contribution in [0.5, 0.6) is 0 Å². The van der Waals surface area contributed by atoms with Gasteiger partial charge in [-0.15, -0.1) is 5.10 Å². The first kappa shape index (κ1) is 20.8. The molecule has 0 bridgehead atoms. The molecule has 9 heteroatoms. The number of halogens is 4. The second-order valence-corrected chi connectivity index (χ2v) is 7.53. The number of amides is 1. The van der Waals surface area contributed by atoms with Gasteiger partial charge in [0.25, 0.3) is 5.91 Å². The standard InChI is InChI=1S/C22H14BrF3N4O/c23-17-8-4-14(5-9-17)20-13-27-29-30(20)19-10-6-15(7-11-19)21(31)28-18-3-1-2-16(12-18)22(24,25)26/h1-13H,(H,28,31). The molecule has 0 fully saturated rings. The molecule has 156 valence electrons. The summed E-state index contributed by atoms with van der Waals surface area (Å²) in [7, 11) is 0. The number of carbonyl (C=O) groups is 1. The van der Waals surface area contributed by atoms with Gasteiger partial charge in [-0.3, -0.25) is 4.79 Å². The highest BCUT2D eigenvalue weighted by atomic mass is 79.9. The van der Waals surface area contributed by atoms with E-state index in [0.29, 0.717) is 11.3 Å². The summed E-state index contributed by atoms with van der Waals surface area (Å²) in [6.07, 6.45) is -2.84. The quantitative estimate of drug-likeness (QED) is 0.386. The molecule has 1 aromatic heterocycles. The largest absolute Gasteiger partial charge is 0.416 e.